The molecule has 1 rings (SSSR count). The van der Waals surface area contributed by atoms with Gasteiger partial charge in [0.25, 0.3) is 0 Å². The lowest BCUT2D eigenvalue weighted by atomic mass is 10.2. The molecule has 0 aliphatic rings. The van der Waals surface area contributed by atoms with E-state index in [9.17, 15) is 9.18 Å². The van der Waals surface area contributed by atoms with Gasteiger partial charge < -0.3 is 4.74 Å². The first-order valence-electron chi connectivity index (χ1n) is 4.32. The van der Waals surface area contributed by atoms with E-state index in [2.05, 4.69) is 0 Å². The van der Waals surface area contributed by atoms with Gasteiger partial charge in [-0.1, -0.05) is 0 Å². The van der Waals surface area contributed by atoms with E-state index in [0.29, 0.717) is 24.2 Å². The van der Waals surface area contributed by atoms with Gasteiger partial charge in [-0.3, -0.25) is 4.79 Å². The molecule has 0 spiro atoms. The second-order valence-electron chi connectivity index (χ2n) is 2.61. The second-order valence-corrected chi connectivity index (χ2v) is 2.61. The Morgan fingerprint density at radius 1 is 1.50 bits per heavy atom. The third-order valence-electron chi connectivity index (χ3n) is 1.64. The van der Waals surface area contributed by atoms with Crippen molar-refractivity contribution in [2.24, 2.45) is 0 Å². The topological polar surface area (TPSA) is 26.3 Å². The molecule has 0 aliphatic carbocycles. The predicted octanol–water partition coefficient (Wildman–Crippen LogP) is 2.44. The molecular formula is C11H11FO2. The molecule has 74 valence electrons. The van der Waals surface area contributed by atoms with Gasteiger partial charge in [-0.15, -0.1) is 0 Å². The minimum Gasteiger partial charge on any atom is -0.494 e. The molecule has 0 aliphatic heterocycles. The van der Waals surface area contributed by atoms with Gasteiger partial charge in [0.15, 0.2) is 0 Å². The molecule has 0 bridgehead atoms. The van der Waals surface area contributed by atoms with Crippen molar-refractivity contribution in [1.29, 1.82) is 0 Å². The van der Waals surface area contributed by atoms with Crippen LogP contribution in [0.3, 0.4) is 0 Å². The van der Waals surface area contributed by atoms with E-state index in [1.165, 1.54) is 18.2 Å². The zero-order chi connectivity index (χ0) is 10.4. The van der Waals surface area contributed by atoms with Crippen molar-refractivity contribution in [1.82, 2.24) is 0 Å². The zero-order valence-electron chi connectivity index (χ0n) is 7.87. The van der Waals surface area contributed by atoms with E-state index in [1.54, 1.807) is 12.1 Å². The number of hydrogen-bond acceptors (Lipinski definition) is 2. The minimum absolute atomic E-state index is 0.376. The highest BCUT2D eigenvalue weighted by Gasteiger charge is 2.00. The highest BCUT2D eigenvalue weighted by Crippen LogP contribution is 2.17. The number of carbonyl (C=O) groups is 1. The van der Waals surface area contributed by atoms with Gasteiger partial charge in [0.1, 0.15) is 17.9 Å². The molecule has 1 aromatic rings. The van der Waals surface area contributed by atoms with Crippen LogP contribution >= 0.6 is 0 Å². The maximum absolute atomic E-state index is 13.2. The summed E-state index contributed by atoms with van der Waals surface area (Å²) in [7, 11) is 0. The third-order valence-corrected chi connectivity index (χ3v) is 1.64. The highest BCUT2D eigenvalue weighted by molar-refractivity contribution is 5.74. The lowest BCUT2D eigenvalue weighted by Gasteiger charge is -2.03. The third kappa shape index (κ3) is 2.69. The van der Waals surface area contributed by atoms with Crippen molar-refractivity contribution in [3.05, 3.63) is 35.7 Å². The van der Waals surface area contributed by atoms with Gasteiger partial charge in [0, 0.05) is 11.6 Å². The molecule has 0 saturated carbocycles. The summed E-state index contributed by atoms with van der Waals surface area (Å²) >= 11 is 0. The van der Waals surface area contributed by atoms with Gasteiger partial charge in [0.05, 0.1) is 6.61 Å². The molecule has 3 heteroatoms. The van der Waals surface area contributed by atoms with E-state index < -0.39 is 5.82 Å². The van der Waals surface area contributed by atoms with Crippen LogP contribution in [-0.2, 0) is 4.79 Å². The van der Waals surface area contributed by atoms with E-state index in [4.69, 9.17) is 4.74 Å². The number of rotatable bonds is 4. The van der Waals surface area contributed by atoms with Crippen molar-refractivity contribution in [2.75, 3.05) is 6.61 Å². The number of ether oxygens (including phenoxy) is 1. The molecule has 0 radical (unpaired) electrons. The normalized spacial score (nSPS) is 10.4. The maximum Gasteiger partial charge on any atom is 0.142 e. The summed E-state index contributed by atoms with van der Waals surface area (Å²) in [5.74, 6) is 0.0994. The van der Waals surface area contributed by atoms with Crippen LogP contribution in [0.5, 0.6) is 5.75 Å². The Bertz CT molecular complexity index is 345. The monoisotopic (exact) mass is 194 g/mol. The number of hydrogen-bond donors (Lipinski definition) is 0. The molecule has 0 atom stereocenters. The van der Waals surface area contributed by atoms with Crippen LogP contribution in [0.2, 0.25) is 0 Å². The molecule has 0 saturated heterocycles. The molecule has 0 fully saturated rings. The summed E-state index contributed by atoms with van der Waals surface area (Å²) in [4.78, 5) is 10.0. The van der Waals surface area contributed by atoms with Crippen molar-refractivity contribution in [3.63, 3.8) is 0 Å². The lowest BCUT2D eigenvalue weighted by molar-refractivity contribution is -0.104. The summed E-state index contributed by atoms with van der Waals surface area (Å²) < 4.78 is 18.4. The Kier molecular flexibility index (Phi) is 3.85. The van der Waals surface area contributed by atoms with Crippen LogP contribution < -0.4 is 4.74 Å². The molecular weight excluding hydrogens is 183 g/mol. The summed E-state index contributed by atoms with van der Waals surface area (Å²) in [5, 5.41) is 0. The molecule has 0 heterocycles. The first-order valence-corrected chi connectivity index (χ1v) is 4.32. The average Bonchev–Trinajstić information content (AvgIpc) is 2.17. The van der Waals surface area contributed by atoms with Crippen LogP contribution in [0.25, 0.3) is 6.08 Å². The fourth-order valence-electron chi connectivity index (χ4n) is 1.04. The van der Waals surface area contributed by atoms with Crippen molar-refractivity contribution < 1.29 is 13.9 Å². The van der Waals surface area contributed by atoms with Gasteiger partial charge >= 0.3 is 0 Å². The summed E-state index contributed by atoms with van der Waals surface area (Å²) in [6.45, 7) is 2.33. The average molecular weight is 194 g/mol. The molecule has 2 nitrogen and oxygen atoms in total. The Labute approximate surface area is 82.0 Å². The van der Waals surface area contributed by atoms with Crippen LogP contribution in [-0.4, -0.2) is 12.9 Å². The molecule has 0 amide bonds. The first-order chi connectivity index (χ1) is 6.77. The quantitative estimate of drug-likeness (QED) is 0.543. The van der Waals surface area contributed by atoms with Crippen molar-refractivity contribution >= 4 is 12.4 Å². The Hall–Kier alpha value is -1.64. The van der Waals surface area contributed by atoms with Crippen LogP contribution in [0.1, 0.15) is 12.5 Å². The van der Waals surface area contributed by atoms with Crippen LogP contribution in [0.15, 0.2) is 24.3 Å². The smallest absolute Gasteiger partial charge is 0.142 e. The van der Waals surface area contributed by atoms with Crippen molar-refractivity contribution in [2.45, 2.75) is 6.92 Å². The second kappa shape index (κ2) is 5.17. The van der Waals surface area contributed by atoms with E-state index in [1.807, 2.05) is 6.92 Å². The van der Waals surface area contributed by atoms with Gasteiger partial charge in [-0.05, 0) is 31.2 Å². The minimum atomic E-state index is -0.394. The van der Waals surface area contributed by atoms with Gasteiger partial charge in [-0.2, -0.15) is 0 Å². The lowest BCUT2D eigenvalue weighted by Crippen LogP contribution is -1.92. The first kappa shape index (κ1) is 10.4. The fourth-order valence-corrected chi connectivity index (χ4v) is 1.04. The number of carbonyl (C=O) groups excluding carboxylic acids is 1. The standard InChI is InChI=1S/C11H11FO2/c1-2-14-10-6-5-9(4-3-7-13)11(12)8-10/h3-8H,2H2,1H3. The molecule has 0 aromatic heterocycles. The molecule has 0 unspecified atom stereocenters. The van der Waals surface area contributed by atoms with Crippen LogP contribution in [0.4, 0.5) is 4.39 Å². The number of benzene rings is 1. The Morgan fingerprint density at radius 2 is 2.29 bits per heavy atom. The number of halogens is 1. The molecule has 1 aromatic carbocycles. The Balaban J connectivity index is 2.89. The fraction of sp³-hybridized carbons (Fsp3) is 0.182. The SMILES string of the molecule is CCOc1ccc(C=CC=O)c(F)c1. The highest BCUT2D eigenvalue weighted by atomic mass is 19.1. The van der Waals surface area contributed by atoms with E-state index in [-0.39, 0.29) is 0 Å². The summed E-state index contributed by atoms with van der Waals surface area (Å²) in [5.41, 5.74) is 0.376. The Morgan fingerprint density at radius 3 is 2.86 bits per heavy atom. The summed E-state index contributed by atoms with van der Waals surface area (Å²) in [6.07, 6.45) is 3.27. The molecule has 0 N–H and O–H groups in total. The number of aldehydes is 1. The van der Waals surface area contributed by atoms with Crippen LogP contribution in [0, 0.1) is 5.82 Å². The molecule has 14 heavy (non-hydrogen) atoms. The largest absolute Gasteiger partial charge is 0.494 e. The van der Waals surface area contributed by atoms with Gasteiger partial charge in [-0.25, -0.2) is 4.39 Å². The van der Waals surface area contributed by atoms with E-state index >= 15 is 0 Å². The van der Waals surface area contributed by atoms with Gasteiger partial charge in [0.2, 0.25) is 0 Å². The van der Waals surface area contributed by atoms with E-state index in [0.717, 1.165) is 0 Å². The predicted molar refractivity (Wildman–Crippen MR) is 52.7 cm³/mol. The summed E-state index contributed by atoms with van der Waals surface area (Å²) in [6, 6.07) is 4.53. The zero-order valence-corrected chi connectivity index (χ0v) is 7.87. The van der Waals surface area contributed by atoms with Crippen molar-refractivity contribution in [3.8, 4) is 5.75 Å². The maximum atomic E-state index is 13.2. The number of allylic oxidation sites excluding steroid dienone is 1.